The molecule has 1 N–H and O–H groups in total. The number of hydrogen-bond acceptors (Lipinski definition) is 5. The molecule has 0 rings (SSSR count). The van der Waals surface area contributed by atoms with Gasteiger partial charge in [0.1, 0.15) is 13.2 Å². The molecule has 5 nitrogen and oxygen atoms in total. The minimum atomic E-state index is -0.964. The maximum Gasteiger partial charge on any atom is 0.333 e. The smallest absolute Gasteiger partial charge is 0.333 e. The Morgan fingerprint density at radius 3 is 2.44 bits per heavy atom. The summed E-state index contributed by atoms with van der Waals surface area (Å²) in [6.45, 7) is 11.4. The summed E-state index contributed by atoms with van der Waals surface area (Å²) >= 11 is 0. The van der Waals surface area contributed by atoms with Gasteiger partial charge in [0.15, 0.2) is 0 Å². The molecule has 0 atom stereocenters. The van der Waals surface area contributed by atoms with Crippen LogP contribution in [0.4, 0.5) is 0 Å². The van der Waals surface area contributed by atoms with Crippen LogP contribution < -0.4 is 0 Å². The monoisotopic (exact) mass is 258 g/mol. The summed E-state index contributed by atoms with van der Waals surface area (Å²) in [5.41, 5.74) is -0.716. The number of rotatable bonds is 10. The highest BCUT2D eigenvalue weighted by atomic mass is 16.6. The molecule has 0 radical (unpaired) electrons. The first-order valence-corrected chi connectivity index (χ1v) is 5.74. The second-order valence-corrected chi connectivity index (χ2v) is 4.38. The fraction of sp³-hybridized carbons (Fsp3) is 0.615. The molecule has 5 heteroatoms. The predicted molar refractivity (Wildman–Crippen MR) is 68.0 cm³/mol. The van der Waals surface area contributed by atoms with Crippen molar-refractivity contribution in [3.05, 3.63) is 25.0 Å². The Balaban J connectivity index is 3.59. The van der Waals surface area contributed by atoms with Crippen LogP contribution in [0.2, 0.25) is 0 Å². The van der Waals surface area contributed by atoms with E-state index in [1.165, 1.54) is 6.26 Å². The summed E-state index contributed by atoms with van der Waals surface area (Å²) in [7, 11) is 0. The topological polar surface area (TPSA) is 65.0 Å². The van der Waals surface area contributed by atoms with Gasteiger partial charge in [-0.2, -0.15) is 0 Å². The summed E-state index contributed by atoms with van der Waals surface area (Å²) < 4.78 is 14.9. The fourth-order valence-corrected chi connectivity index (χ4v) is 1.18. The highest BCUT2D eigenvalue weighted by molar-refractivity contribution is 5.87. The van der Waals surface area contributed by atoms with Crippen molar-refractivity contribution in [2.75, 3.05) is 26.4 Å². The Bertz CT molecular complexity index is 278. The molecule has 0 heterocycles. The third-order valence-electron chi connectivity index (χ3n) is 1.86. The van der Waals surface area contributed by atoms with Gasteiger partial charge in [-0.25, -0.2) is 4.79 Å². The van der Waals surface area contributed by atoms with Crippen LogP contribution in [0.3, 0.4) is 0 Å². The van der Waals surface area contributed by atoms with Gasteiger partial charge in [-0.3, -0.25) is 0 Å². The molecule has 0 aromatic rings. The van der Waals surface area contributed by atoms with E-state index in [4.69, 9.17) is 14.2 Å². The maximum atomic E-state index is 11.4. The standard InChI is InChI=1S/C13H22O5/c1-5-16-6-7-17-8-9-18-12(14)11(2)10-13(3,4)15/h5,15H,1-2,6-10H2,3-4H3. The summed E-state index contributed by atoms with van der Waals surface area (Å²) in [5.74, 6) is -0.511. The Labute approximate surface area is 108 Å². The van der Waals surface area contributed by atoms with Gasteiger partial charge in [0.25, 0.3) is 0 Å². The van der Waals surface area contributed by atoms with Gasteiger partial charge >= 0.3 is 5.97 Å². The lowest BCUT2D eigenvalue weighted by atomic mass is 10.00. The van der Waals surface area contributed by atoms with E-state index in [1.807, 2.05) is 0 Å². The molecule has 0 bridgehead atoms. The molecule has 0 aromatic heterocycles. The number of carbonyl (C=O) groups is 1. The summed E-state index contributed by atoms with van der Waals surface area (Å²) in [6.07, 6.45) is 1.52. The zero-order chi connectivity index (χ0) is 14.0. The van der Waals surface area contributed by atoms with Crippen LogP contribution in [-0.4, -0.2) is 43.1 Å². The molecule has 104 valence electrons. The molecule has 0 unspecified atom stereocenters. The first-order valence-electron chi connectivity index (χ1n) is 5.74. The normalized spacial score (nSPS) is 10.8. The predicted octanol–water partition coefficient (Wildman–Crippen LogP) is 1.42. The van der Waals surface area contributed by atoms with E-state index in [1.54, 1.807) is 13.8 Å². The number of hydrogen-bond donors (Lipinski definition) is 1. The van der Waals surface area contributed by atoms with E-state index < -0.39 is 11.6 Å². The van der Waals surface area contributed by atoms with Gasteiger partial charge in [-0.05, 0) is 13.8 Å². The average Bonchev–Trinajstić information content (AvgIpc) is 2.25. The van der Waals surface area contributed by atoms with Crippen molar-refractivity contribution in [1.29, 1.82) is 0 Å². The number of carbonyl (C=O) groups excluding carboxylic acids is 1. The van der Waals surface area contributed by atoms with Crippen molar-refractivity contribution >= 4 is 5.97 Å². The second-order valence-electron chi connectivity index (χ2n) is 4.38. The lowest BCUT2D eigenvalue weighted by Crippen LogP contribution is -2.23. The summed E-state index contributed by atoms with van der Waals surface area (Å²) in [6, 6.07) is 0. The van der Waals surface area contributed by atoms with Gasteiger partial charge in [0, 0.05) is 12.0 Å². The molecule has 0 amide bonds. The third kappa shape index (κ3) is 9.86. The van der Waals surface area contributed by atoms with E-state index in [2.05, 4.69) is 13.2 Å². The SMILES string of the molecule is C=COCCOCCOC(=O)C(=C)CC(C)(C)O. The van der Waals surface area contributed by atoms with Crippen molar-refractivity contribution in [2.45, 2.75) is 25.9 Å². The van der Waals surface area contributed by atoms with Gasteiger partial charge in [0.05, 0.1) is 25.1 Å². The number of esters is 1. The van der Waals surface area contributed by atoms with E-state index >= 15 is 0 Å². The molecule has 0 aromatic carbocycles. The first kappa shape index (κ1) is 16.7. The van der Waals surface area contributed by atoms with Gasteiger partial charge in [0.2, 0.25) is 0 Å². The van der Waals surface area contributed by atoms with Crippen LogP contribution in [0.1, 0.15) is 20.3 Å². The zero-order valence-electron chi connectivity index (χ0n) is 11.1. The Hall–Kier alpha value is -1.33. The highest BCUT2D eigenvalue weighted by Crippen LogP contribution is 2.14. The van der Waals surface area contributed by atoms with Crippen molar-refractivity contribution in [1.82, 2.24) is 0 Å². The lowest BCUT2D eigenvalue weighted by Gasteiger charge is -2.17. The van der Waals surface area contributed by atoms with Crippen molar-refractivity contribution in [3.8, 4) is 0 Å². The number of aliphatic hydroxyl groups is 1. The zero-order valence-corrected chi connectivity index (χ0v) is 11.1. The van der Waals surface area contributed by atoms with Crippen molar-refractivity contribution in [3.63, 3.8) is 0 Å². The van der Waals surface area contributed by atoms with E-state index in [9.17, 15) is 9.90 Å². The maximum absolute atomic E-state index is 11.4. The van der Waals surface area contributed by atoms with E-state index in [0.29, 0.717) is 19.8 Å². The van der Waals surface area contributed by atoms with E-state index in [0.717, 1.165) is 0 Å². The van der Waals surface area contributed by atoms with Crippen LogP contribution in [-0.2, 0) is 19.0 Å². The quantitative estimate of drug-likeness (QED) is 0.278. The molecule has 0 aliphatic carbocycles. The molecule has 0 fully saturated rings. The molecular weight excluding hydrogens is 236 g/mol. The highest BCUT2D eigenvalue weighted by Gasteiger charge is 2.19. The van der Waals surface area contributed by atoms with Crippen LogP contribution >= 0.6 is 0 Å². The third-order valence-corrected chi connectivity index (χ3v) is 1.86. The van der Waals surface area contributed by atoms with Gasteiger partial charge in [-0.15, -0.1) is 0 Å². The molecule has 0 saturated carbocycles. The van der Waals surface area contributed by atoms with Gasteiger partial charge < -0.3 is 19.3 Å². The van der Waals surface area contributed by atoms with Gasteiger partial charge in [-0.1, -0.05) is 13.2 Å². The summed E-state index contributed by atoms with van der Waals surface area (Å²) in [4.78, 5) is 11.4. The van der Waals surface area contributed by atoms with E-state index in [-0.39, 0.29) is 18.6 Å². The first-order chi connectivity index (χ1) is 8.37. The molecule has 0 aliphatic heterocycles. The molecule has 0 aliphatic rings. The molecular formula is C13H22O5. The minimum Gasteiger partial charge on any atom is -0.499 e. The Kier molecular flexibility index (Phi) is 8.07. The minimum absolute atomic E-state index is 0.151. The van der Waals surface area contributed by atoms with Crippen molar-refractivity contribution < 1.29 is 24.1 Å². The largest absolute Gasteiger partial charge is 0.499 e. The van der Waals surface area contributed by atoms with Crippen LogP contribution in [0, 0.1) is 0 Å². The summed E-state index contributed by atoms with van der Waals surface area (Å²) in [5, 5.41) is 9.51. The van der Waals surface area contributed by atoms with Crippen LogP contribution in [0.5, 0.6) is 0 Å². The van der Waals surface area contributed by atoms with Crippen molar-refractivity contribution in [2.24, 2.45) is 0 Å². The second kappa shape index (κ2) is 8.72. The Morgan fingerprint density at radius 1 is 1.28 bits per heavy atom. The number of ether oxygens (including phenoxy) is 3. The Morgan fingerprint density at radius 2 is 1.89 bits per heavy atom. The van der Waals surface area contributed by atoms with Crippen LogP contribution in [0.25, 0.3) is 0 Å². The average molecular weight is 258 g/mol. The molecule has 0 spiro atoms. The molecule has 0 saturated heterocycles. The molecule has 18 heavy (non-hydrogen) atoms. The lowest BCUT2D eigenvalue weighted by molar-refractivity contribution is -0.141. The van der Waals surface area contributed by atoms with Crippen LogP contribution in [0.15, 0.2) is 25.0 Å². The fourth-order valence-electron chi connectivity index (χ4n) is 1.18.